The highest BCUT2D eigenvalue weighted by atomic mass is 16.5. The van der Waals surface area contributed by atoms with Gasteiger partial charge in [0.05, 0.1) is 18.3 Å². The van der Waals surface area contributed by atoms with Crippen LogP contribution in [0.15, 0.2) is 30.5 Å². The van der Waals surface area contributed by atoms with E-state index in [4.69, 9.17) is 4.74 Å². The Morgan fingerprint density at radius 3 is 2.92 bits per heavy atom. The van der Waals surface area contributed by atoms with Crippen LogP contribution in [0.3, 0.4) is 0 Å². The molecule has 1 aliphatic carbocycles. The number of ketones is 1. The molecule has 0 saturated carbocycles. The first kappa shape index (κ1) is 16.2. The summed E-state index contributed by atoms with van der Waals surface area (Å²) >= 11 is 0. The van der Waals surface area contributed by atoms with Crippen molar-refractivity contribution in [3.63, 3.8) is 0 Å². The molecule has 1 heterocycles. The van der Waals surface area contributed by atoms with Crippen LogP contribution in [0, 0.1) is 0 Å². The van der Waals surface area contributed by atoms with E-state index in [1.807, 2.05) is 19.2 Å². The average Bonchev–Trinajstić information content (AvgIpc) is 3.13. The highest BCUT2D eigenvalue weighted by Crippen LogP contribution is 2.25. The fourth-order valence-electron chi connectivity index (χ4n) is 2.95. The normalized spacial score (nSPS) is 14.3. The monoisotopic (exact) mass is 328 g/mol. The number of amides is 2. The van der Waals surface area contributed by atoms with Crippen LogP contribution in [-0.4, -0.2) is 35.3 Å². The van der Waals surface area contributed by atoms with E-state index in [0.29, 0.717) is 18.7 Å². The minimum Gasteiger partial charge on any atom is -0.382 e. The third-order valence-corrected chi connectivity index (χ3v) is 4.14. The number of anilines is 1. The van der Waals surface area contributed by atoms with Gasteiger partial charge >= 0.3 is 6.03 Å². The molecule has 7 heteroatoms. The molecule has 0 bridgehead atoms. The van der Waals surface area contributed by atoms with E-state index in [1.165, 1.54) is 0 Å². The first-order valence-corrected chi connectivity index (χ1v) is 7.79. The van der Waals surface area contributed by atoms with Crippen LogP contribution in [0.5, 0.6) is 0 Å². The molecular weight excluding hydrogens is 308 g/mol. The number of carbonyl (C=O) groups is 2. The Hall–Kier alpha value is -2.67. The van der Waals surface area contributed by atoms with E-state index in [2.05, 4.69) is 15.7 Å². The summed E-state index contributed by atoms with van der Waals surface area (Å²) in [5.74, 6) is 0.164. The summed E-state index contributed by atoms with van der Waals surface area (Å²) in [5, 5.41) is 9.81. The molecule has 1 aliphatic rings. The topological polar surface area (TPSA) is 85.2 Å². The highest BCUT2D eigenvalue weighted by Gasteiger charge is 2.21. The van der Waals surface area contributed by atoms with Crippen LogP contribution in [-0.2, 0) is 18.2 Å². The number of aromatic nitrogens is 2. The molecule has 1 atom stereocenters. The van der Waals surface area contributed by atoms with Crippen molar-refractivity contribution in [2.45, 2.75) is 18.9 Å². The van der Waals surface area contributed by atoms with Crippen LogP contribution >= 0.6 is 0 Å². The van der Waals surface area contributed by atoms with Gasteiger partial charge in [-0.05, 0) is 36.2 Å². The van der Waals surface area contributed by atoms with E-state index in [1.54, 1.807) is 30.1 Å². The largest absolute Gasteiger partial charge is 0.382 e. The number of Topliss-reactive ketones (excluding diaryl/α,β-unsaturated/α-hetero) is 1. The second-order valence-corrected chi connectivity index (χ2v) is 5.78. The molecule has 2 amide bonds. The third-order valence-electron chi connectivity index (χ3n) is 4.14. The molecule has 2 N–H and O–H groups in total. The molecule has 0 spiro atoms. The second kappa shape index (κ2) is 6.84. The summed E-state index contributed by atoms with van der Waals surface area (Å²) in [4.78, 5) is 24.0. The number of fused-ring (bicyclic) bond motifs is 1. The van der Waals surface area contributed by atoms with Gasteiger partial charge in [0.15, 0.2) is 5.78 Å². The van der Waals surface area contributed by atoms with E-state index in [0.717, 1.165) is 23.2 Å². The van der Waals surface area contributed by atoms with E-state index in [9.17, 15) is 9.59 Å². The number of methoxy groups -OCH3 is 1. The van der Waals surface area contributed by atoms with E-state index >= 15 is 0 Å². The first-order valence-electron chi connectivity index (χ1n) is 7.79. The summed E-state index contributed by atoms with van der Waals surface area (Å²) in [6.45, 7) is 0.339. The zero-order chi connectivity index (χ0) is 17.1. The van der Waals surface area contributed by atoms with Gasteiger partial charge in [-0.25, -0.2) is 4.79 Å². The number of urea groups is 1. The molecule has 126 valence electrons. The molecule has 3 rings (SSSR count). The predicted octanol–water partition coefficient (Wildman–Crippen LogP) is 2.06. The van der Waals surface area contributed by atoms with Crippen molar-refractivity contribution in [2.24, 2.45) is 7.05 Å². The van der Waals surface area contributed by atoms with Gasteiger partial charge in [-0.2, -0.15) is 5.10 Å². The van der Waals surface area contributed by atoms with E-state index in [-0.39, 0.29) is 17.9 Å². The number of nitrogens with one attached hydrogen (secondary N) is 2. The van der Waals surface area contributed by atoms with Crippen molar-refractivity contribution >= 4 is 17.5 Å². The van der Waals surface area contributed by atoms with Crippen molar-refractivity contribution in [3.8, 4) is 0 Å². The van der Waals surface area contributed by atoms with Crippen molar-refractivity contribution in [1.29, 1.82) is 0 Å². The second-order valence-electron chi connectivity index (χ2n) is 5.78. The van der Waals surface area contributed by atoms with Crippen molar-refractivity contribution < 1.29 is 14.3 Å². The number of hydrogen-bond acceptors (Lipinski definition) is 4. The lowest BCUT2D eigenvalue weighted by molar-refractivity contribution is 0.0994. The standard InChI is InChI=1S/C17H20N4O3/c1-21-15(7-8-18-21)14(10-24-2)20-17(23)19-12-4-5-13-11(9-12)3-6-16(13)22/h4-5,7-9,14H,3,6,10H2,1-2H3,(H2,19,20,23)/t14-/m1/s1. The Kier molecular flexibility index (Phi) is 4.61. The fraction of sp³-hybridized carbons (Fsp3) is 0.353. The smallest absolute Gasteiger partial charge is 0.319 e. The number of aryl methyl sites for hydroxylation is 2. The zero-order valence-electron chi connectivity index (χ0n) is 13.7. The van der Waals surface area contributed by atoms with Crippen LogP contribution < -0.4 is 10.6 Å². The quantitative estimate of drug-likeness (QED) is 0.880. The molecule has 7 nitrogen and oxygen atoms in total. The number of nitrogens with zero attached hydrogens (tertiary/aromatic N) is 2. The summed E-state index contributed by atoms with van der Waals surface area (Å²) < 4.78 is 6.88. The molecule has 1 aromatic heterocycles. The first-order chi connectivity index (χ1) is 11.6. The van der Waals surface area contributed by atoms with Crippen LogP contribution in [0.2, 0.25) is 0 Å². The fourth-order valence-corrected chi connectivity index (χ4v) is 2.95. The van der Waals surface area contributed by atoms with Crippen molar-refractivity contribution in [2.75, 3.05) is 19.0 Å². The van der Waals surface area contributed by atoms with Gasteiger partial charge in [0, 0.05) is 38.0 Å². The molecule has 0 radical (unpaired) electrons. The number of benzene rings is 1. The molecule has 0 unspecified atom stereocenters. The Morgan fingerprint density at radius 2 is 2.21 bits per heavy atom. The number of ether oxygens (including phenoxy) is 1. The average molecular weight is 328 g/mol. The minimum atomic E-state index is -0.331. The van der Waals surface area contributed by atoms with Crippen LogP contribution in [0.1, 0.15) is 34.1 Å². The maximum absolute atomic E-state index is 12.3. The Labute approximate surface area is 140 Å². The van der Waals surface area contributed by atoms with Gasteiger partial charge in [-0.1, -0.05) is 0 Å². The predicted molar refractivity (Wildman–Crippen MR) is 89.1 cm³/mol. The van der Waals surface area contributed by atoms with Gasteiger partial charge in [0.1, 0.15) is 0 Å². The van der Waals surface area contributed by atoms with Gasteiger partial charge in [0.2, 0.25) is 0 Å². The van der Waals surface area contributed by atoms with E-state index < -0.39 is 0 Å². The van der Waals surface area contributed by atoms with Crippen molar-refractivity contribution in [1.82, 2.24) is 15.1 Å². The highest BCUT2D eigenvalue weighted by molar-refractivity contribution is 6.01. The molecule has 0 aliphatic heterocycles. The van der Waals surface area contributed by atoms with Crippen molar-refractivity contribution in [3.05, 3.63) is 47.3 Å². The minimum absolute atomic E-state index is 0.164. The Bertz CT molecular complexity index is 769. The van der Waals surface area contributed by atoms with Gasteiger partial charge < -0.3 is 15.4 Å². The molecule has 0 fully saturated rings. The summed E-state index contributed by atoms with van der Waals surface area (Å²) in [7, 11) is 3.40. The zero-order valence-corrected chi connectivity index (χ0v) is 13.7. The summed E-state index contributed by atoms with van der Waals surface area (Å²) in [5.41, 5.74) is 3.26. The van der Waals surface area contributed by atoms with Gasteiger partial charge in [-0.3, -0.25) is 9.48 Å². The molecular formula is C17H20N4O3. The maximum atomic E-state index is 12.3. The molecule has 24 heavy (non-hydrogen) atoms. The summed E-state index contributed by atoms with van der Waals surface area (Å²) in [6, 6.07) is 6.58. The third kappa shape index (κ3) is 3.30. The lowest BCUT2D eigenvalue weighted by Crippen LogP contribution is -2.35. The van der Waals surface area contributed by atoms with Crippen LogP contribution in [0.4, 0.5) is 10.5 Å². The van der Waals surface area contributed by atoms with Crippen LogP contribution in [0.25, 0.3) is 0 Å². The number of carbonyl (C=O) groups excluding carboxylic acids is 2. The maximum Gasteiger partial charge on any atom is 0.319 e. The lowest BCUT2D eigenvalue weighted by Gasteiger charge is -2.18. The lowest BCUT2D eigenvalue weighted by atomic mass is 10.1. The Balaban J connectivity index is 1.68. The van der Waals surface area contributed by atoms with Gasteiger partial charge in [0.25, 0.3) is 0 Å². The number of hydrogen-bond donors (Lipinski definition) is 2. The van der Waals surface area contributed by atoms with Gasteiger partial charge in [-0.15, -0.1) is 0 Å². The summed E-state index contributed by atoms with van der Waals surface area (Å²) in [6.07, 6.45) is 2.95. The number of rotatable bonds is 5. The Morgan fingerprint density at radius 1 is 1.38 bits per heavy atom. The SMILES string of the molecule is COC[C@@H](NC(=O)Nc1ccc2c(c1)CCC2=O)c1ccnn1C. The molecule has 2 aromatic rings. The molecule has 1 aromatic carbocycles. The molecule has 0 saturated heterocycles.